The van der Waals surface area contributed by atoms with Gasteiger partial charge >= 0.3 is 6.03 Å². The van der Waals surface area contributed by atoms with Crippen molar-refractivity contribution in [1.82, 2.24) is 15.5 Å². The normalized spacial score (nSPS) is 19.6. The van der Waals surface area contributed by atoms with Crippen LogP contribution in [0.15, 0.2) is 5.18 Å². The Balaban J connectivity index is 2.44. The Morgan fingerprint density at radius 1 is 1.31 bits per heavy atom. The number of nitrogens with one attached hydrogen (secondary N) is 1. The Kier molecular flexibility index (Phi) is 3.74. The first-order valence-electron chi connectivity index (χ1n) is 4.05. The summed E-state index contributed by atoms with van der Waals surface area (Å²) in [5.41, 5.74) is 2.01. The predicted octanol–water partition coefficient (Wildman–Crippen LogP) is -0.226. The molecule has 0 atom stereocenters. The van der Waals surface area contributed by atoms with Crippen LogP contribution in [-0.4, -0.2) is 47.3 Å². The molecule has 7 heteroatoms. The summed E-state index contributed by atoms with van der Waals surface area (Å²) in [5, 5.41) is 12.5. The zero-order valence-corrected chi connectivity index (χ0v) is 7.14. The molecule has 74 valence electrons. The quantitative estimate of drug-likeness (QED) is 0.438. The number of carbonyl (C=O) groups is 1. The lowest BCUT2D eigenvalue weighted by molar-refractivity contribution is -0.0164. The predicted molar refractivity (Wildman–Crippen MR) is 43.9 cm³/mol. The molecule has 1 heterocycles. The molecule has 1 saturated heterocycles. The highest BCUT2D eigenvalue weighted by molar-refractivity contribution is 5.74. The van der Waals surface area contributed by atoms with Gasteiger partial charge in [0, 0.05) is 31.4 Å². The minimum absolute atomic E-state index is 0.401. The largest absolute Gasteiger partial charge is 0.381 e. The maximum Gasteiger partial charge on any atom is 0.381 e. The van der Waals surface area contributed by atoms with Gasteiger partial charge in [0.1, 0.15) is 0 Å². The van der Waals surface area contributed by atoms with Crippen LogP contribution in [0.4, 0.5) is 4.79 Å². The first-order chi connectivity index (χ1) is 6.27. The first kappa shape index (κ1) is 10.0. The van der Waals surface area contributed by atoms with Crippen molar-refractivity contribution in [2.75, 3.05) is 26.2 Å². The molecule has 1 fully saturated rings. The lowest BCUT2D eigenvalue weighted by atomic mass is 10.4. The van der Waals surface area contributed by atoms with Crippen molar-refractivity contribution in [3.63, 3.8) is 0 Å². The summed E-state index contributed by atoms with van der Waals surface area (Å²) in [5.74, 6) is 0. The van der Waals surface area contributed by atoms with Gasteiger partial charge < -0.3 is 10.1 Å². The van der Waals surface area contributed by atoms with Gasteiger partial charge in [0.15, 0.2) is 0 Å². The standard InChI is InChI=1S/C6H12N4O3/c11-6(7-12)9-2-1-3-10(8-13)5-4-9/h8,13H,1-5H2. The van der Waals surface area contributed by atoms with Crippen LogP contribution in [0, 0.1) is 4.91 Å². The third-order valence-electron chi connectivity index (χ3n) is 1.99. The molecule has 0 unspecified atom stereocenters. The summed E-state index contributed by atoms with van der Waals surface area (Å²) >= 11 is 0. The van der Waals surface area contributed by atoms with Crippen molar-refractivity contribution in [2.24, 2.45) is 5.18 Å². The van der Waals surface area contributed by atoms with Crippen LogP contribution in [0.1, 0.15) is 6.42 Å². The summed E-state index contributed by atoms with van der Waals surface area (Å²) < 4.78 is 0. The number of carbonyl (C=O) groups excluding carboxylic acids is 1. The van der Waals surface area contributed by atoms with E-state index in [1.54, 1.807) is 5.01 Å². The van der Waals surface area contributed by atoms with Gasteiger partial charge in [-0.2, -0.15) is 0 Å². The zero-order valence-electron chi connectivity index (χ0n) is 7.14. The Bertz CT molecular complexity index is 198. The Hall–Kier alpha value is -1.05. The molecule has 13 heavy (non-hydrogen) atoms. The van der Waals surface area contributed by atoms with Gasteiger partial charge in [-0.25, -0.2) is 9.80 Å². The summed E-state index contributed by atoms with van der Waals surface area (Å²) in [6.45, 7) is 2.03. The highest BCUT2D eigenvalue weighted by Gasteiger charge is 2.18. The van der Waals surface area contributed by atoms with Gasteiger partial charge in [-0.3, -0.25) is 0 Å². The molecule has 0 saturated carbocycles. The third-order valence-corrected chi connectivity index (χ3v) is 1.99. The summed E-state index contributed by atoms with van der Waals surface area (Å²) in [6.07, 6.45) is 0.703. The molecule has 1 aliphatic rings. The Morgan fingerprint density at radius 2 is 2.08 bits per heavy atom. The lowest BCUT2D eigenvalue weighted by Crippen LogP contribution is -2.39. The lowest BCUT2D eigenvalue weighted by Gasteiger charge is -2.17. The van der Waals surface area contributed by atoms with Gasteiger partial charge in [-0.15, -0.1) is 10.5 Å². The average molecular weight is 188 g/mol. The number of hydrogen-bond donors (Lipinski definition) is 2. The molecule has 0 bridgehead atoms. The molecule has 0 aromatic carbocycles. The van der Waals surface area contributed by atoms with Crippen molar-refractivity contribution in [3.05, 3.63) is 4.91 Å². The summed E-state index contributed by atoms with van der Waals surface area (Å²) in [7, 11) is 0. The van der Waals surface area contributed by atoms with E-state index >= 15 is 0 Å². The molecule has 0 aromatic rings. The molecular weight excluding hydrogens is 176 g/mol. The number of urea groups is 1. The number of hydrazine groups is 1. The van der Waals surface area contributed by atoms with E-state index in [1.165, 1.54) is 4.90 Å². The van der Waals surface area contributed by atoms with Crippen molar-refractivity contribution in [1.29, 1.82) is 0 Å². The maximum absolute atomic E-state index is 10.9. The van der Waals surface area contributed by atoms with E-state index in [0.717, 1.165) is 0 Å². The van der Waals surface area contributed by atoms with Gasteiger partial charge in [0.25, 0.3) is 0 Å². The van der Waals surface area contributed by atoms with Crippen LogP contribution in [0.3, 0.4) is 0 Å². The fraction of sp³-hybridized carbons (Fsp3) is 0.833. The van der Waals surface area contributed by atoms with E-state index in [4.69, 9.17) is 5.21 Å². The van der Waals surface area contributed by atoms with E-state index in [2.05, 4.69) is 5.18 Å². The second-order valence-electron chi connectivity index (χ2n) is 2.80. The minimum Gasteiger partial charge on any atom is -0.319 e. The number of rotatable bonds is 1. The molecule has 0 spiro atoms. The van der Waals surface area contributed by atoms with Crippen molar-refractivity contribution >= 4 is 6.03 Å². The first-order valence-corrected chi connectivity index (χ1v) is 4.05. The van der Waals surface area contributed by atoms with Gasteiger partial charge in [-0.05, 0) is 6.42 Å². The number of amides is 2. The van der Waals surface area contributed by atoms with Crippen molar-refractivity contribution in [3.8, 4) is 0 Å². The molecule has 0 radical (unpaired) electrons. The molecular formula is C6H12N4O3. The SMILES string of the molecule is O=NC(=O)N1CCCN(NO)CC1. The van der Waals surface area contributed by atoms with Crippen LogP contribution in [-0.2, 0) is 0 Å². The van der Waals surface area contributed by atoms with E-state index in [-0.39, 0.29) is 0 Å². The fourth-order valence-corrected chi connectivity index (χ4v) is 1.27. The second kappa shape index (κ2) is 4.85. The molecule has 0 aromatic heterocycles. The highest BCUT2D eigenvalue weighted by Crippen LogP contribution is 2.02. The van der Waals surface area contributed by atoms with Crippen LogP contribution >= 0.6 is 0 Å². The van der Waals surface area contributed by atoms with Crippen molar-refractivity contribution < 1.29 is 10.0 Å². The number of nitrogens with zero attached hydrogens (tertiary/aromatic N) is 3. The van der Waals surface area contributed by atoms with Gasteiger partial charge in [0.2, 0.25) is 0 Å². The van der Waals surface area contributed by atoms with E-state index in [9.17, 15) is 9.70 Å². The van der Waals surface area contributed by atoms with E-state index < -0.39 is 6.03 Å². The molecule has 2 N–H and O–H groups in total. The van der Waals surface area contributed by atoms with E-state index in [1.807, 2.05) is 5.59 Å². The van der Waals surface area contributed by atoms with Crippen LogP contribution in [0.2, 0.25) is 0 Å². The fourth-order valence-electron chi connectivity index (χ4n) is 1.27. The average Bonchev–Trinajstić information content (AvgIpc) is 2.41. The Morgan fingerprint density at radius 3 is 2.69 bits per heavy atom. The number of hydrogen-bond acceptors (Lipinski definition) is 5. The smallest absolute Gasteiger partial charge is 0.319 e. The maximum atomic E-state index is 10.9. The van der Waals surface area contributed by atoms with Crippen LogP contribution < -0.4 is 5.59 Å². The minimum atomic E-state index is -0.736. The molecule has 2 amide bonds. The van der Waals surface area contributed by atoms with Gasteiger partial charge in [0.05, 0.1) is 0 Å². The molecule has 7 nitrogen and oxygen atoms in total. The second-order valence-corrected chi connectivity index (χ2v) is 2.80. The molecule has 0 aliphatic carbocycles. The van der Waals surface area contributed by atoms with E-state index in [0.29, 0.717) is 32.6 Å². The number of nitroso groups, excluding NO2 is 1. The third kappa shape index (κ3) is 2.72. The van der Waals surface area contributed by atoms with Gasteiger partial charge in [-0.1, -0.05) is 0 Å². The molecule has 1 rings (SSSR count). The summed E-state index contributed by atoms with van der Waals surface area (Å²) in [6, 6.07) is -0.736. The topological polar surface area (TPSA) is 85.2 Å². The Labute approximate surface area is 75.2 Å². The van der Waals surface area contributed by atoms with Crippen molar-refractivity contribution in [2.45, 2.75) is 6.42 Å². The van der Waals surface area contributed by atoms with Crippen LogP contribution in [0.5, 0.6) is 0 Å². The summed E-state index contributed by atoms with van der Waals surface area (Å²) in [4.78, 5) is 22.2. The molecule has 1 aliphatic heterocycles. The monoisotopic (exact) mass is 188 g/mol. The zero-order chi connectivity index (χ0) is 9.68. The van der Waals surface area contributed by atoms with Crippen LogP contribution in [0.25, 0.3) is 0 Å². The highest BCUT2D eigenvalue weighted by atomic mass is 16.5.